The molecule has 0 aliphatic rings. The molecule has 57 heavy (non-hydrogen) atoms. The van der Waals surface area contributed by atoms with Crippen molar-refractivity contribution in [3.63, 3.8) is 0 Å². The summed E-state index contributed by atoms with van der Waals surface area (Å²) in [5.41, 5.74) is 1.31. The van der Waals surface area contributed by atoms with Crippen molar-refractivity contribution in [1.82, 2.24) is 0 Å². The quantitative estimate of drug-likeness (QED) is 0.0593. The number of phenolic OH excluding ortho intramolecular Hbond substituents is 1. The minimum atomic E-state index is -5.02. The number of hydrogen-bond donors (Lipinski definition) is 6. The van der Waals surface area contributed by atoms with Crippen LogP contribution in [-0.2, 0) is 40.5 Å². The average Bonchev–Trinajstić information content (AvgIpc) is 3.11. The van der Waals surface area contributed by atoms with E-state index in [4.69, 9.17) is 0 Å². The molecule has 0 heterocycles. The molecule has 0 saturated heterocycles. The maximum Gasteiger partial charge on any atom is 0.298 e. The van der Waals surface area contributed by atoms with Crippen LogP contribution in [0.5, 0.6) is 5.75 Å². The van der Waals surface area contributed by atoms with Crippen LogP contribution >= 0.6 is 0 Å². The molecule has 19 nitrogen and oxygen atoms in total. The molecule has 6 aromatic rings. The lowest BCUT2D eigenvalue weighted by Crippen LogP contribution is -2.11. The Hall–Kier alpha value is -6.05. The zero-order valence-corrected chi connectivity index (χ0v) is 31.8. The summed E-state index contributed by atoms with van der Waals surface area (Å²) in [5, 5.41) is 29.4. The number of phenols is 1. The van der Waals surface area contributed by atoms with E-state index in [9.17, 15) is 61.8 Å². The van der Waals surface area contributed by atoms with Crippen LogP contribution in [0.4, 0.5) is 28.4 Å². The molecule has 6 rings (SSSR count). The number of azo groups is 2. The lowest BCUT2D eigenvalue weighted by atomic mass is 10.1. The van der Waals surface area contributed by atoms with Gasteiger partial charge in [-0.1, -0.05) is 12.1 Å². The van der Waals surface area contributed by atoms with Gasteiger partial charge in [-0.05, 0) is 108 Å². The number of amides is 1. The fourth-order valence-electron chi connectivity index (χ4n) is 5.45. The Kier molecular flexibility index (Phi) is 10.5. The minimum Gasteiger partial charge on any atom is -0.504 e. The van der Waals surface area contributed by atoms with Gasteiger partial charge in [0, 0.05) is 22.0 Å². The number of benzene rings is 6. The molecule has 6 N–H and O–H groups in total. The molecular weight excluding hydrogens is 831 g/mol. The molecule has 23 heteroatoms. The molecule has 294 valence electrons. The number of rotatable bonds is 10. The predicted molar refractivity (Wildman–Crippen MR) is 203 cm³/mol. The van der Waals surface area contributed by atoms with Gasteiger partial charge in [-0.3, -0.25) is 23.0 Å². The summed E-state index contributed by atoms with van der Waals surface area (Å²) in [4.78, 5) is 9.95. The monoisotopic (exact) mass is 855 g/mol. The van der Waals surface area contributed by atoms with Gasteiger partial charge in [-0.25, -0.2) is 0 Å². The van der Waals surface area contributed by atoms with Gasteiger partial charge in [0.1, 0.15) is 15.5 Å². The van der Waals surface area contributed by atoms with Crippen LogP contribution in [0.25, 0.3) is 21.5 Å². The van der Waals surface area contributed by atoms with Crippen molar-refractivity contribution in [2.24, 2.45) is 20.5 Å². The molecule has 0 aliphatic carbocycles. The van der Waals surface area contributed by atoms with Crippen molar-refractivity contribution in [1.29, 1.82) is 0 Å². The Morgan fingerprint density at radius 3 is 1.77 bits per heavy atom. The van der Waals surface area contributed by atoms with Gasteiger partial charge in [0.2, 0.25) is 0 Å². The Morgan fingerprint density at radius 1 is 0.544 bits per heavy atom. The highest BCUT2D eigenvalue weighted by molar-refractivity contribution is 7.87. The third-order valence-corrected chi connectivity index (χ3v) is 11.6. The Labute approximate surface area is 323 Å². The molecule has 0 aliphatic heterocycles. The number of nitrogens with zero attached hydrogens (tertiary/aromatic N) is 4. The molecule has 1 amide bonds. The summed E-state index contributed by atoms with van der Waals surface area (Å²) in [6.07, 6.45) is 0. The first kappa shape index (κ1) is 40.6. The molecule has 0 fully saturated rings. The molecule has 0 spiro atoms. The van der Waals surface area contributed by atoms with Crippen LogP contribution in [0.3, 0.4) is 0 Å². The van der Waals surface area contributed by atoms with Gasteiger partial charge in [-0.15, -0.1) is 5.11 Å². The van der Waals surface area contributed by atoms with E-state index in [0.29, 0.717) is 23.0 Å². The number of nitrogens with one attached hydrogen (secondary N) is 1. The molecule has 0 bridgehead atoms. The Bertz CT molecular complexity index is 3190. The first-order valence-electron chi connectivity index (χ1n) is 15.6. The standard InChI is InChI=1S/C34H25N5O14S4/c1-18-12-23(8-11-29(18)38-37-24-7-4-20-13-26(55(45,46)47)17-30(28(20)16-24)56(48,49)50)35-34(41)19-2-5-22(6-3-19)36-39-32-27-10-9-25(54(42,43)44)14-21(27)15-31(33(32)40)57(51,52)53/h2-17,40H,1H3,(H,35,41)(H,42,43,44)(H,45,46,47)(H,48,49,50)(H,51,52,53). The van der Waals surface area contributed by atoms with Crippen molar-refractivity contribution in [2.45, 2.75) is 26.5 Å². The van der Waals surface area contributed by atoms with Crippen LogP contribution < -0.4 is 5.32 Å². The van der Waals surface area contributed by atoms with Gasteiger partial charge in [0.15, 0.2) is 5.75 Å². The fraction of sp³-hybridized carbons (Fsp3) is 0.0294. The van der Waals surface area contributed by atoms with E-state index in [0.717, 1.165) is 30.3 Å². The topological polar surface area (TPSA) is 316 Å². The van der Waals surface area contributed by atoms with Crippen LogP contribution in [0.15, 0.2) is 137 Å². The van der Waals surface area contributed by atoms with E-state index >= 15 is 0 Å². The van der Waals surface area contributed by atoms with Crippen LogP contribution in [0, 0.1) is 6.92 Å². The summed E-state index contributed by atoms with van der Waals surface area (Å²) in [5.74, 6) is -1.51. The third-order valence-electron chi connectivity index (χ3n) is 8.17. The van der Waals surface area contributed by atoms with Crippen molar-refractivity contribution >= 4 is 96.4 Å². The normalized spacial score (nSPS) is 12.9. The highest BCUT2D eigenvalue weighted by atomic mass is 32.2. The third kappa shape index (κ3) is 9.00. The highest BCUT2D eigenvalue weighted by Crippen LogP contribution is 2.42. The first-order valence-corrected chi connectivity index (χ1v) is 21.4. The van der Waals surface area contributed by atoms with Crippen molar-refractivity contribution in [3.8, 4) is 5.75 Å². The molecule has 0 unspecified atom stereocenters. The number of aromatic hydroxyl groups is 1. The van der Waals surface area contributed by atoms with Gasteiger partial charge in [-0.2, -0.15) is 49.0 Å². The largest absolute Gasteiger partial charge is 0.504 e. The summed E-state index contributed by atoms with van der Waals surface area (Å²) >= 11 is 0. The van der Waals surface area contributed by atoms with Crippen LogP contribution in [0.1, 0.15) is 15.9 Å². The van der Waals surface area contributed by atoms with E-state index < -0.39 is 77.4 Å². The number of anilines is 1. The molecular formula is C34H25N5O14S4. The van der Waals surface area contributed by atoms with E-state index in [1.54, 1.807) is 19.1 Å². The Morgan fingerprint density at radius 2 is 1.16 bits per heavy atom. The lowest BCUT2D eigenvalue weighted by Gasteiger charge is -2.10. The molecule has 0 saturated carbocycles. The van der Waals surface area contributed by atoms with E-state index in [1.807, 2.05) is 0 Å². The predicted octanol–water partition coefficient (Wildman–Crippen LogP) is 7.08. The average molecular weight is 856 g/mol. The molecule has 0 radical (unpaired) electrons. The molecule has 0 aromatic heterocycles. The zero-order valence-electron chi connectivity index (χ0n) is 28.6. The van der Waals surface area contributed by atoms with Gasteiger partial charge in [0.25, 0.3) is 46.4 Å². The van der Waals surface area contributed by atoms with Gasteiger partial charge >= 0.3 is 0 Å². The SMILES string of the molecule is Cc1cc(NC(=O)c2ccc(N=Nc3c(O)c(S(=O)(=O)O)cc4cc(S(=O)(=O)O)ccc34)cc2)ccc1N=Nc1ccc2cc(S(=O)(=O)O)cc(S(=O)(=O)O)c2c1. The summed E-state index contributed by atoms with van der Waals surface area (Å²) in [6, 6.07) is 19.7. The minimum absolute atomic E-state index is 0.0249. The maximum atomic E-state index is 13.0. The van der Waals surface area contributed by atoms with Crippen LogP contribution in [0.2, 0.25) is 0 Å². The highest BCUT2D eigenvalue weighted by Gasteiger charge is 2.24. The van der Waals surface area contributed by atoms with Gasteiger partial charge < -0.3 is 10.4 Å². The first-order chi connectivity index (χ1) is 26.5. The number of aryl methyl sites for hydroxylation is 1. The smallest absolute Gasteiger partial charge is 0.298 e. The van der Waals surface area contributed by atoms with Crippen LogP contribution in [-0.4, -0.2) is 62.9 Å². The number of carbonyl (C=O) groups is 1. The van der Waals surface area contributed by atoms with E-state index in [1.165, 1.54) is 48.5 Å². The maximum absolute atomic E-state index is 13.0. The van der Waals surface area contributed by atoms with Crippen molar-refractivity contribution < 1.29 is 61.8 Å². The molecule has 0 atom stereocenters. The fourth-order valence-corrected chi connectivity index (χ4v) is 7.93. The zero-order chi connectivity index (χ0) is 41.7. The lowest BCUT2D eigenvalue weighted by molar-refractivity contribution is 0.102. The van der Waals surface area contributed by atoms with Crippen molar-refractivity contribution in [2.75, 3.05) is 5.32 Å². The summed E-state index contributed by atoms with van der Waals surface area (Å²) in [7, 11) is -19.4. The number of carbonyl (C=O) groups excluding carboxylic acids is 1. The second-order valence-corrected chi connectivity index (χ2v) is 17.7. The van der Waals surface area contributed by atoms with E-state index in [2.05, 4.69) is 25.8 Å². The summed E-state index contributed by atoms with van der Waals surface area (Å²) < 4.78 is 132. The van der Waals surface area contributed by atoms with Crippen molar-refractivity contribution in [3.05, 3.63) is 108 Å². The molecule has 6 aromatic carbocycles. The number of fused-ring (bicyclic) bond motifs is 2. The summed E-state index contributed by atoms with van der Waals surface area (Å²) in [6.45, 7) is 1.68. The second-order valence-electron chi connectivity index (χ2n) is 12.1. The van der Waals surface area contributed by atoms with E-state index in [-0.39, 0.29) is 38.5 Å². The Balaban J connectivity index is 1.19. The number of hydrogen-bond acceptors (Lipinski definition) is 14. The van der Waals surface area contributed by atoms with Gasteiger partial charge in [0.05, 0.1) is 26.9 Å². The second kappa shape index (κ2) is 14.8.